The maximum Gasteiger partial charge on any atom is 0.191 e. The summed E-state index contributed by atoms with van der Waals surface area (Å²) in [5.74, 6) is 0.0991. The number of hydrogen-bond donors (Lipinski definition) is 2. The van der Waals surface area contributed by atoms with E-state index in [9.17, 15) is 9.50 Å². The Balaban J connectivity index is 1.52. The van der Waals surface area contributed by atoms with Crippen LogP contribution in [0.15, 0.2) is 40.8 Å². The van der Waals surface area contributed by atoms with Crippen molar-refractivity contribution in [2.45, 2.75) is 6.10 Å². The van der Waals surface area contributed by atoms with Crippen molar-refractivity contribution in [1.29, 1.82) is 0 Å². The van der Waals surface area contributed by atoms with E-state index in [0.29, 0.717) is 11.5 Å². The van der Waals surface area contributed by atoms with Gasteiger partial charge in [0.2, 0.25) is 0 Å². The van der Waals surface area contributed by atoms with Crippen LogP contribution < -0.4 is 10.6 Å². The molecule has 6 nitrogen and oxygen atoms in total. The van der Waals surface area contributed by atoms with Crippen molar-refractivity contribution in [2.24, 2.45) is 10.7 Å². The maximum atomic E-state index is 12.9. The lowest BCUT2D eigenvalue weighted by molar-refractivity contribution is 0.186. The van der Waals surface area contributed by atoms with Gasteiger partial charge in [0.25, 0.3) is 0 Å². The minimum absolute atomic E-state index is 0.157. The molecule has 0 bridgehead atoms. The standard InChI is InChI=1S/C16H20FN5OS/c17-13-3-1-12(2-4-13)14(23)11-20-15(18)21-6-8-22(9-7-21)16-19-5-10-24-16/h1-5,10,14,23H,6-9,11H2,(H2,18,20). The molecule has 1 aromatic heterocycles. The van der Waals surface area contributed by atoms with Gasteiger partial charge in [0.1, 0.15) is 5.82 Å². The highest BCUT2D eigenvalue weighted by Gasteiger charge is 2.20. The van der Waals surface area contributed by atoms with Crippen LogP contribution >= 0.6 is 11.3 Å². The highest BCUT2D eigenvalue weighted by Crippen LogP contribution is 2.19. The molecular formula is C16H20FN5OS. The van der Waals surface area contributed by atoms with Crippen LogP contribution in [0.3, 0.4) is 0 Å². The Labute approximate surface area is 144 Å². The topological polar surface area (TPSA) is 78.0 Å². The van der Waals surface area contributed by atoms with Crippen LogP contribution in [0.5, 0.6) is 0 Å². The van der Waals surface area contributed by atoms with Crippen LogP contribution in [0.25, 0.3) is 0 Å². The third-order valence-corrected chi connectivity index (χ3v) is 4.81. The van der Waals surface area contributed by atoms with Gasteiger partial charge in [-0.2, -0.15) is 0 Å². The molecule has 8 heteroatoms. The van der Waals surface area contributed by atoms with Gasteiger partial charge in [-0.3, -0.25) is 4.99 Å². The van der Waals surface area contributed by atoms with E-state index in [1.807, 2.05) is 10.3 Å². The van der Waals surface area contributed by atoms with Gasteiger partial charge in [0, 0.05) is 37.8 Å². The normalized spacial score (nSPS) is 17.2. The summed E-state index contributed by atoms with van der Waals surface area (Å²) < 4.78 is 12.9. The van der Waals surface area contributed by atoms with Crippen molar-refractivity contribution in [1.82, 2.24) is 9.88 Å². The van der Waals surface area contributed by atoms with Gasteiger partial charge < -0.3 is 20.6 Å². The van der Waals surface area contributed by atoms with Gasteiger partial charge in [0.05, 0.1) is 12.6 Å². The molecule has 1 aliphatic rings. The number of thiazole rings is 1. The van der Waals surface area contributed by atoms with Crippen molar-refractivity contribution in [3.8, 4) is 0 Å². The zero-order chi connectivity index (χ0) is 16.9. The predicted octanol–water partition coefficient (Wildman–Crippen LogP) is 1.45. The predicted molar refractivity (Wildman–Crippen MR) is 93.7 cm³/mol. The number of nitrogens with zero attached hydrogens (tertiary/aromatic N) is 4. The maximum absolute atomic E-state index is 12.9. The van der Waals surface area contributed by atoms with Crippen molar-refractivity contribution in [3.05, 3.63) is 47.2 Å². The molecule has 0 spiro atoms. The summed E-state index contributed by atoms with van der Waals surface area (Å²) >= 11 is 1.63. The molecular weight excluding hydrogens is 329 g/mol. The van der Waals surface area contributed by atoms with Crippen molar-refractivity contribution in [2.75, 3.05) is 37.6 Å². The van der Waals surface area contributed by atoms with Crippen LogP contribution in [-0.2, 0) is 0 Å². The second kappa shape index (κ2) is 7.59. The SMILES string of the molecule is NC(=NCC(O)c1ccc(F)cc1)N1CCN(c2nccs2)CC1. The van der Waals surface area contributed by atoms with E-state index in [2.05, 4.69) is 14.9 Å². The molecule has 3 rings (SSSR count). The van der Waals surface area contributed by atoms with E-state index < -0.39 is 6.10 Å². The molecule has 1 aliphatic heterocycles. The number of aliphatic imine (C=N–C) groups is 1. The number of benzene rings is 1. The molecule has 1 unspecified atom stereocenters. The number of aliphatic hydroxyl groups excluding tert-OH is 1. The first-order valence-corrected chi connectivity index (χ1v) is 8.64. The molecule has 2 aromatic rings. The van der Waals surface area contributed by atoms with E-state index in [1.165, 1.54) is 12.1 Å². The van der Waals surface area contributed by atoms with Gasteiger partial charge >= 0.3 is 0 Å². The molecule has 1 aromatic carbocycles. The van der Waals surface area contributed by atoms with Crippen molar-refractivity contribution in [3.63, 3.8) is 0 Å². The summed E-state index contributed by atoms with van der Waals surface area (Å²) in [7, 11) is 0. The molecule has 1 fully saturated rings. The summed E-state index contributed by atoms with van der Waals surface area (Å²) in [5.41, 5.74) is 6.66. The lowest BCUT2D eigenvalue weighted by Crippen LogP contribution is -2.51. The number of guanidine groups is 1. The average Bonchev–Trinajstić information content (AvgIpc) is 3.15. The molecule has 0 saturated carbocycles. The second-order valence-electron chi connectivity index (χ2n) is 5.56. The summed E-state index contributed by atoms with van der Waals surface area (Å²) in [6, 6.07) is 5.75. The zero-order valence-corrected chi connectivity index (χ0v) is 14.0. The fourth-order valence-corrected chi connectivity index (χ4v) is 3.27. The van der Waals surface area contributed by atoms with Crippen molar-refractivity contribution >= 4 is 22.4 Å². The van der Waals surface area contributed by atoms with E-state index in [0.717, 1.165) is 31.3 Å². The lowest BCUT2D eigenvalue weighted by Gasteiger charge is -2.35. The number of piperazine rings is 1. The lowest BCUT2D eigenvalue weighted by atomic mass is 10.1. The largest absolute Gasteiger partial charge is 0.386 e. The molecule has 3 N–H and O–H groups in total. The summed E-state index contributed by atoms with van der Waals surface area (Å²) in [6.07, 6.45) is 1.01. The molecule has 2 heterocycles. The Hall–Kier alpha value is -2.19. The third-order valence-electron chi connectivity index (χ3n) is 3.97. The summed E-state index contributed by atoms with van der Waals surface area (Å²) in [5, 5.41) is 13.1. The highest BCUT2D eigenvalue weighted by atomic mass is 32.1. The first kappa shape index (κ1) is 16.7. The monoisotopic (exact) mass is 349 g/mol. The number of nitrogens with two attached hydrogens (primary N) is 1. The Morgan fingerprint density at radius 2 is 2.00 bits per heavy atom. The fraction of sp³-hybridized carbons (Fsp3) is 0.375. The van der Waals surface area contributed by atoms with E-state index in [4.69, 9.17) is 5.73 Å². The number of aromatic nitrogens is 1. The first-order chi connectivity index (χ1) is 11.6. The number of rotatable bonds is 4. The minimum Gasteiger partial charge on any atom is -0.386 e. The van der Waals surface area contributed by atoms with E-state index in [-0.39, 0.29) is 12.4 Å². The quantitative estimate of drug-likeness (QED) is 0.645. The first-order valence-electron chi connectivity index (χ1n) is 7.76. The molecule has 1 atom stereocenters. The average molecular weight is 349 g/mol. The van der Waals surface area contributed by atoms with Crippen LogP contribution in [-0.4, -0.2) is 53.7 Å². The number of hydrogen-bond acceptors (Lipinski definition) is 5. The van der Waals surface area contributed by atoms with Gasteiger partial charge in [-0.05, 0) is 17.7 Å². The van der Waals surface area contributed by atoms with Crippen molar-refractivity contribution < 1.29 is 9.50 Å². The van der Waals surface area contributed by atoms with Crippen LogP contribution in [0.2, 0.25) is 0 Å². The molecule has 0 aliphatic carbocycles. The molecule has 0 radical (unpaired) electrons. The highest BCUT2D eigenvalue weighted by molar-refractivity contribution is 7.13. The Bertz CT molecular complexity index is 668. The van der Waals surface area contributed by atoms with Gasteiger partial charge in [-0.25, -0.2) is 9.37 Å². The fourth-order valence-electron chi connectivity index (χ4n) is 2.57. The smallest absolute Gasteiger partial charge is 0.191 e. The minimum atomic E-state index is -0.791. The van der Waals surface area contributed by atoms with E-state index >= 15 is 0 Å². The Morgan fingerprint density at radius 1 is 1.29 bits per heavy atom. The number of anilines is 1. The second-order valence-corrected chi connectivity index (χ2v) is 6.43. The van der Waals surface area contributed by atoms with Gasteiger partial charge in [-0.1, -0.05) is 12.1 Å². The number of halogens is 1. The van der Waals surface area contributed by atoms with Gasteiger partial charge in [-0.15, -0.1) is 11.3 Å². The zero-order valence-electron chi connectivity index (χ0n) is 13.2. The molecule has 128 valence electrons. The summed E-state index contributed by atoms with van der Waals surface area (Å²) in [4.78, 5) is 12.8. The van der Waals surface area contributed by atoms with Crippen LogP contribution in [0, 0.1) is 5.82 Å². The molecule has 24 heavy (non-hydrogen) atoms. The number of aliphatic hydroxyl groups is 1. The Kier molecular flexibility index (Phi) is 5.27. The van der Waals surface area contributed by atoms with Crippen LogP contribution in [0.1, 0.15) is 11.7 Å². The van der Waals surface area contributed by atoms with Crippen LogP contribution in [0.4, 0.5) is 9.52 Å². The Morgan fingerprint density at radius 3 is 2.62 bits per heavy atom. The van der Waals surface area contributed by atoms with E-state index in [1.54, 1.807) is 29.7 Å². The third kappa shape index (κ3) is 4.01. The molecule has 1 saturated heterocycles. The molecule has 0 amide bonds. The van der Waals surface area contributed by atoms with Gasteiger partial charge in [0.15, 0.2) is 11.1 Å². The summed E-state index contributed by atoms with van der Waals surface area (Å²) in [6.45, 7) is 3.36.